The molecule has 1 aromatic carbocycles. The first-order valence-electron chi connectivity index (χ1n) is 7.13. The average molecular weight is 378 g/mol. The van der Waals surface area contributed by atoms with Gasteiger partial charge in [0.05, 0.1) is 6.61 Å². The summed E-state index contributed by atoms with van der Waals surface area (Å²) in [5, 5.41) is 0. The van der Waals surface area contributed by atoms with E-state index in [0.717, 1.165) is 10.0 Å². The number of amidine groups is 1. The van der Waals surface area contributed by atoms with Crippen molar-refractivity contribution in [2.45, 2.75) is 18.9 Å². The topological polar surface area (TPSA) is 69.7 Å². The molecular weight excluding hydrogens is 365 g/mol. The van der Waals surface area contributed by atoms with Gasteiger partial charge in [-0.1, -0.05) is 15.9 Å². The Morgan fingerprint density at radius 2 is 2.13 bits per heavy atom. The molecular formula is C16H13BrFN3O2. The molecule has 0 radical (unpaired) electrons. The van der Waals surface area contributed by atoms with Crippen molar-refractivity contribution in [2.24, 2.45) is 10.7 Å². The number of hydrogen-bond donors (Lipinski definition) is 1. The molecule has 5 nitrogen and oxygen atoms in total. The number of aromatic nitrogens is 1. The van der Waals surface area contributed by atoms with Crippen molar-refractivity contribution in [2.75, 3.05) is 6.61 Å². The van der Waals surface area contributed by atoms with Gasteiger partial charge in [0.15, 0.2) is 5.75 Å². The molecule has 4 rings (SSSR count). The van der Waals surface area contributed by atoms with Crippen molar-refractivity contribution < 1.29 is 13.9 Å². The normalized spacial score (nSPS) is 21.8. The Bertz CT molecular complexity index is 855. The van der Waals surface area contributed by atoms with E-state index < -0.39 is 11.5 Å². The Hall–Kier alpha value is -2.15. The van der Waals surface area contributed by atoms with Crippen LogP contribution in [0.5, 0.6) is 11.5 Å². The van der Waals surface area contributed by atoms with Crippen molar-refractivity contribution in [3.8, 4) is 11.5 Å². The molecule has 3 heterocycles. The first-order chi connectivity index (χ1) is 11.0. The van der Waals surface area contributed by atoms with Crippen LogP contribution in [0.4, 0.5) is 4.39 Å². The van der Waals surface area contributed by atoms with E-state index >= 15 is 0 Å². The van der Waals surface area contributed by atoms with E-state index in [1.165, 1.54) is 0 Å². The van der Waals surface area contributed by atoms with Crippen LogP contribution in [0.15, 0.2) is 33.7 Å². The van der Waals surface area contributed by atoms with Gasteiger partial charge in [-0.25, -0.2) is 9.98 Å². The average Bonchev–Trinajstić information content (AvgIpc) is 2.50. The van der Waals surface area contributed by atoms with Gasteiger partial charge in [0.1, 0.15) is 11.3 Å². The highest BCUT2D eigenvalue weighted by Crippen LogP contribution is 2.52. The Morgan fingerprint density at radius 1 is 1.30 bits per heavy atom. The van der Waals surface area contributed by atoms with Gasteiger partial charge in [-0.2, -0.15) is 4.39 Å². The highest BCUT2D eigenvalue weighted by molar-refractivity contribution is 9.10. The van der Waals surface area contributed by atoms with Gasteiger partial charge in [-0.05, 0) is 31.2 Å². The maximum Gasteiger partial charge on any atom is 0.283 e. The van der Waals surface area contributed by atoms with Gasteiger partial charge >= 0.3 is 0 Å². The van der Waals surface area contributed by atoms with E-state index in [-0.39, 0.29) is 11.8 Å². The summed E-state index contributed by atoms with van der Waals surface area (Å²) in [6.07, 6.45) is 0.538. The summed E-state index contributed by atoms with van der Waals surface area (Å²) in [4.78, 5) is 8.42. The maximum atomic E-state index is 14.4. The largest absolute Gasteiger partial charge is 0.465 e. The van der Waals surface area contributed by atoms with Crippen LogP contribution in [-0.4, -0.2) is 17.6 Å². The van der Waals surface area contributed by atoms with Gasteiger partial charge < -0.3 is 15.2 Å². The molecule has 1 unspecified atom stereocenters. The summed E-state index contributed by atoms with van der Waals surface area (Å²) in [7, 11) is 0. The lowest BCUT2D eigenvalue weighted by Crippen LogP contribution is -2.39. The van der Waals surface area contributed by atoms with Crippen LogP contribution in [0, 0.1) is 12.9 Å². The van der Waals surface area contributed by atoms with E-state index in [2.05, 4.69) is 25.9 Å². The molecule has 23 heavy (non-hydrogen) atoms. The molecule has 0 saturated carbocycles. The van der Waals surface area contributed by atoms with E-state index in [1.807, 2.05) is 12.1 Å². The van der Waals surface area contributed by atoms with Gasteiger partial charge in [-0.15, -0.1) is 0 Å². The smallest absolute Gasteiger partial charge is 0.283 e. The lowest BCUT2D eigenvalue weighted by molar-refractivity contribution is 0.217. The zero-order valence-corrected chi connectivity index (χ0v) is 13.9. The molecule has 1 spiro atoms. The SMILES string of the molecule is Cc1cc2c(c(F)n1)Oc1ccc(Br)cc1C21CCOC(N)=N1. The number of fused-ring (bicyclic) bond motifs is 4. The Balaban J connectivity index is 2.08. The molecule has 1 atom stereocenters. The van der Waals surface area contributed by atoms with Gasteiger partial charge in [-0.3, -0.25) is 0 Å². The van der Waals surface area contributed by atoms with Crippen LogP contribution in [0.1, 0.15) is 23.2 Å². The highest BCUT2D eigenvalue weighted by Gasteiger charge is 2.46. The molecule has 0 bridgehead atoms. The zero-order chi connectivity index (χ0) is 16.2. The summed E-state index contributed by atoms with van der Waals surface area (Å²) < 4.78 is 26.3. The molecule has 2 aliphatic heterocycles. The minimum atomic E-state index is -0.830. The summed E-state index contributed by atoms with van der Waals surface area (Å²) in [6, 6.07) is 7.43. The molecule has 0 fully saturated rings. The summed E-state index contributed by atoms with van der Waals surface area (Å²) >= 11 is 3.47. The number of halogens is 2. The quantitative estimate of drug-likeness (QED) is 0.714. The molecule has 0 aliphatic carbocycles. The van der Waals surface area contributed by atoms with E-state index in [9.17, 15) is 4.39 Å². The summed E-state index contributed by atoms with van der Waals surface area (Å²) in [5.74, 6) is 0.000725. The molecule has 118 valence electrons. The Kier molecular flexibility index (Phi) is 3.09. The lowest BCUT2D eigenvalue weighted by Gasteiger charge is -2.39. The van der Waals surface area contributed by atoms with Crippen molar-refractivity contribution >= 4 is 22.0 Å². The number of hydrogen-bond acceptors (Lipinski definition) is 5. The van der Waals surface area contributed by atoms with E-state index in [0.29, 0.717) is 30.0 Å². The highest BCUT2D eigenvalue weighted by atomic mass is 79.9. The van der Waals surface area contributed by atoms with Crippen LogP contribution < -0.4 is 10.5 Å². The number of nitrogens with zero attached hydrogens (tertiary/aromatic N) is 2. The van der Waals surface area contributed by atoms with Crippen LogP contribution in [0.3, 0.4) is 0 Å². The van der Waals surface area contributed by atoms with Crippen molar-refractivity contribution in [3.05, 3.63) is 51.5 Å². The Labute approximate surface area is 140 Å². The van der Waals surface area contributed by atoms with Crippen LogP contribution in [0.25, 0.3) is 0 Å². The number of benzene rings is 1. The molecule has 1 aromatic heterocycles. The number of ether oxygens (including phenoxy) is 2. The van der Waals surface area contributed by atoms with E-state index in [1.54, 1.807) is 19.1 Å². The zero-order valence-electron chi connectivity index (χ0n) is 12.3. The third-order valence-electron chi connectivity index (χ3n) is 4.12. The van der Waals surface area contributed by atoms with Crippen LogP contribution >= 0.6 is 15.9 Å². The fraction of sp³-hybridized carbons (Fsp3) is 0.250. The van der Waals surface area contributed by atoms with Crippen molar-refractivity contribution in [1.29, 1.82) is 0 Å². The number of aryl methyl sites for hydroxylation is 1. The second kappa shape index (κ2) is 4.92. The van der Waals surface area contributed by atoms with E-state index in [4.69, 9.17) is 15.2 Å². The fourth-order valence-electron chi connectivity index (χ4n) is 3.17. The lowest BCUT2D eigenvalue weighted by atomic mass is 9.78. The molecule has 7 heteroatoms. The van der Waals surface area contributed by atoms with Crippen LogP contribution in [-0.2, 0) is 10.3 Å². The summed E-state index contributed by atoms with van der Waals surface area (Å²) in [6.45, 7) is 2.13. The molecule has 2 aromatic rings. The maximum absolute atomic E-state index is 14.4. The summed E-state index contributed by atoms with van der Waals surface area (Å²) in [5.41, 5.74) is 7.02. The second-order valence-electron chi connectivity index (χ2n) is 5.58. The first kappa shape index (κ1) is 14.4. The minimum Gasteiger partial charge on any atom is -0.465 e. The third-order valence-corrected chi connectivity index (χ3v) is 4.61. The molecule has 2 aliphatic rings. The van der Waals surface area contributed by atoms with Crippen LogP contribution in [0.2, 0.25) is 0 Å². The second-order valence-corrected chi connectivity index (χ2v) is 6.50. The predicted octanol–water partition coefficient (Wildman–Crippen LogP) is 3.38. The number of aliphatic imine (C=N–C) groups is 1. The number of rotatable bonds is 0. The molecule has 0 amide bonds. The first-order valence-corrected chi connectivity index (χ1v) is 7.92. The number of pyridine rings is 1. The van der Waals surface area contributed by atoms with Gasteiger partial charge in [0.25, 0.3) is 12.0 Å². The minimum absolute atomic E-state index is 0.0879. The predicted molar refractivity (Wildman–Crippen MR) is 86.1 cm³/mol. The van der Waals surface area contributed by atoms with Crippen molar-refractivity contribution in [3.63, 3.8) is 0 Å². The fourth-order valence-corrected chi connectivity index (χ4v) is 3.53. The monoisotopic (exact) mass is 377 g/mol. The third kappa shape index (κ3) is 2.10. The standard InChI is InChI=1S/C16H13BrFN3O2/c1-8-6-11-13(14(18)20-8)23-12-3-2-9(17)7-10(12)16(11)4-5-22-15(19)21-16/h2-3,6-7H,4-5H2,1H3,(H2,19,21). The molecule has 2 N–H and O–H groups in total. The van der Waals surface area contributed by atoms with Gasteiger partial charge in [0.2, 0.25) is 0 Å². The van der Waals surface area contributed by atoms with Crippen molar-refractivity contribution in [1.82, 2.24) is 4.98 Å². The van der Waals surface area contributed by atoms with Gasteiger partial charge in [0, 0.05) is 27.7 Å². The molecule has 0 saturated heterocycles. The number of nitrogens with two attached hydrogens (primary N) is 1. The Morgan fingerprint density at radius 3 is 2.91 bits per heavy atom.